The van der Waals surface area contributed by atoms with Gasteiger partial charge in [-0.15, -0.1) is 0 Å². The Hall–Kier alpha value is -2.95. The van der Waals surface area contributed by atoms with Crippen LogP contribution in [-0.4, -0.2) is 74.0 Å². The van der Waals surface area contributed by atoms with Gasteiger partial charge in [0.1, 0.15) is 6.54 Å². The topological polar surface area (TPSA) is 78.7 Å². The molecule has 0 aliphatic carbocycles. The quantitative estimate of drug-likeness (QED) is 0.580. The smallest absolute Gasteiger partial charge is 0.416 e. The molecule has 2 aliphatic heterocycles. The van der Waals surface area contributed by atoms with Gasteiger partial charge in [-0.3, -0.25) is 19.2 Å². The molecule has 202 valence electrons. The van der Waals surface area contributed by atoms with Crippen LogP contribution in [0.3, 0.4) is 0 Å². The van der Waals surface area contributed by atoms with Gasteiger partial charge in [0.25, 0.3) is 5.91 Å². The molecule has 0 radical (unpaired) electrons. The molecule has 0 spiro atoms. The van der Waals surface area contributed by atoms with Crippen LogP contribution >= 0.6 is 0 Å². The van der Waals surface area contributed by atoms with Crippen LogP contribution in [0.15, 0.2) is 30.6 Å². The van der Waals surface area contributed by atoms with E-state index in [0.29, 0.717) is 49.2 Å². The first-order valence-corrected chi connectivity index (χ1v) is 12.4. The number of aromatic nitrogens is 2. The maximum atomic E-state index is 15.6. The van der Waals surface area contributed by atoms with Crippen LogP contribution in [0, 0.1) is 0 Å². The molecule has 3 heterocycles. The summed E-state index contributed by atoms with van der Waals surface area (Å²) in [7, 11) is 0. The summed E-state index contributed by atoms with van der Waals surface area (Å²) in [6, 6.07) is 3.54. The molecule has 1 aromatic heterocycles. The molecule has 7 nitrogen and oxygen atoms in total. The van der Waals surface area contributed by atoms with Crippen LogP contribution in [0.5, 0.6) is 0 Å². The van der Waals surface area contributed by atoms with Crippen molar-refractivity contribution >= 4 is 11.9 Å². The van der Waals surface area contributed by atoms with Gasteiger partial charge in [0.2, 0.25) is 5.67 Å². The highest BCUT2D eigenvalue weighted by molar-refractivity contribution is 5.86. The van der Waals surface area contributed by atoms with E-state index in [4.69, 9.17) is 5.11 Å². The lowest BCUT2D eigenvalue weighted by Gasteiger charge is -2.37. The standard InChI is InChI=1S/C26H32F4N4O3/c1-24(2,3)33-11-8-25(27,16-33)23(37)32-9-6-17(7-10-32)20-5-4-19(26(28,29)30)12-21(20)18-13-31-34(14-18)15-22(35)36/h4-5,12-14,17H,6-11,15-16H2,1-3H3,(H,35,36)/t25-/m1/s1. The number of amides is 1. The van der Waals surface area contributed by atoms with Gasteiger partial charge in [-0.1, -0.05) is 6.07 Å². The van der Waals surface area contributed by atoms with Gasteiger partial charge in [0, 0.05) is 49.9 Å². The first-order valence-electron chi connectivity index (χ1n) is 12.4. The van der Waals surface area contributed by atoms with Crippen LogP contribution in [0.4, 0.5) is 17.6 Å². The number of hydrogen-bond acceptors (Lipinski definition) is 4. The van der Waals surface area contributed by atoms with Crippen molar-refractivity contribution in [2.24, 2.45) is 0 Å². The molecule has 2 aromatic rings. The summed E-state index contributed by atoms with van der Waals surface area (Å²) in [5.74, 6) is -1.77. The van der Waals surface area contributed by atoms with Gasteiger partial charge in [-0.25, -0.2) is 4.39 Å². The summed E-state index contributed by atoms with van der Waals surface area (Å²) in [5.41, 5.74) is -1.60. The van der Waals surface area contributed by atoms with E-state index in [2.05, 4.69) is 5.10 Å². The number of rotatable bonds is 5. The van der Waals surface area contributed by atoms with Crippen molar-refractivity contribution in [3.63, 3.8) is 0 Å². The molecule has 0 unspecified atom stereocenters. The fourth-order valence-corrected chi connectivity index (χ4v) is 5.26. The molecule has 0 bridgehead atoms. The SMILES string of the molecule is CC(C)(C)N1CC[C@](F)(C(=O)N2CCC(c3ccc(C(F)(F)F)cc3-c3cnn(CC(=O)O)c3)CC2)C1. The molecule has 0 saturated carbocycles. The Bertz CT molecular complexity index is 1170. The van der Waals surface area contributed by atoms with Crippen LogP contribution in [0.2, 0.25) is 0 Å². The number of piperidine rings is 1. The third-order valence-corrected chi connectivity index (χ3v) is 7.40. The van der Waals surface area contributed by atoms with Crippen molar-refractivity contribution in [1.82, 2.24) is 19.6 Å². The molecule has 1 atom stereocenters. The first kappa shape index (κ1) is 27.1. The molecule has 37 heavy (non-hydrogen) atoms. The molecule has 2 saturated heterocycles. The van der Waals surface area contributed by atoms with E-state index < -0.39 is 35.8 Å². The predicted octanol–water partition coefficient (Wildman–Crippen LogP) is 4.57. The molecule has 1 N–H and O–H groups in total. The first-order chi connectivity index (χ1) is 17.2. The van der Waals surface area contributed by atoms with Gasteiger partial charge in [0.15, 0.2) is 0 Å². The largest absolute Gasteiger partial charge is 0.480 e. The summed E-state index contributed by atoms with van der Waals surface area (Å²) in [6.45, 7) is 6.73. The van der Waals surface area contributed by atoms with Crippen molar-refractivity contribution in [2.45, 2.75) is 69.9 Å². The Morgan fingerprint density at radius 2 is 1.81 bits per heavy atom. The van der Waals surface area contributed by atoms with E-state index in [1.54, 1.807) is 0 Å². The van der Waals surface area contributed by atoms with Gasteiger partial charge < -0.3 is 10.0 Å². The number of carboxylic acid groups (broad SMARTS) is 1. The number of benzene rings is 1. The third-order valence-electron chi connectivity index (χ3n) is 7.40. The summed E-state index contributed by atoms with van der Waals surface area (Å²) in [6.07, 6.45) is -0.669. The number of likely N-dealkylation sites (tertiary alicyclic amines) is 2. The van der Waals surface area contributed by atoms with E-state index in [9.17, 15) is 22.8 Å². The summed E-state index contributed by atoms with van der Waals surface area (Å²) < 4.78 is 57.2. The number of carbonyl (C=O) groups excluding carboxylic acids is 1. The number of halogens is 4. The van der Waals surface area contributed by atoms with Gasteiger partial charge in [-0.2, -0.15) is 18.3 Å². The Morgan fingerprint density at radius 3 is 2.38 bits per heavy atom. The minimum Gasteiger partial charge on any atom is -0.480 e. The Labute approximate surface area is 213 Å². The molecule has 1 aromatic carbocycles. The zero-order valence-corrected chi connectivity index (χ0v) is 21.2. The molecular weight excluding hydrogens is 492 g/mol. The Morgan fingerprint density at radius 1 is 1.14 bits per heavy atom. The van der Waals surface area contributed by atoms with Crippen LogP contribution in [0.1, 0.15) is 57.1 Å². The second-order valence-electron chi connectivity index (χ2n) is 11.0. The average Bonchev–Trinajstić information content (AvgIpc) is 3.45. The maximum Gasteiger partial charge on any atom is 0.416 e. The Balaban J connectivity index is 1.53. The predicted molar refractivity (Wildman–Crippen MR) is 129 cm³/mol. The fourth-order valence-electron chi connectivity index (χ4n) is 5.26. The highest BCUT2D eigenvalue weighted by atomic mass is 19.4. The van der Waals surface area contributed by atoms with Crippen LogP contribution < -0.4 is 0 Å². The van der Waals surface area contributed by atoms with Crippen molar-refractivity contribution in [2.75, 3.05) is 26.2 Å². The summed E-state index contributed by atoms with van der Waals surface area (Å²) in [4.78, 5) is 27.6. The minimum absolute atomic E-state index is 0.0542. The number of carboxylic acids is 1. The number of carbonyl (C=O) groups is 2. The molecule has 2 aliphatic rings. The van der Waals surface area contributed by atoms with Gasteiger partial charge >= 0.3 is 12.1 Å². The fraction of sp³-hybridized carbons (Fsp3) is 0.577. The zero-order chi connectivity index (χ0) is 27.2. The van der Waals surface area contributed by atoms with Crippen molar-refractivity contribution < 1.29 is 32.3 Å². The highest BCUT2D eigenvalue weighted by Crippen LogP contribution is 2.40. The average molecular weight is 525 g/mol. The summed E-state index contributed by atoms with van der Waals surface area (Å²) in [5, 5.41) is 13.0. The lowest BCUT2D eigenvalue weighted by atomic mass is 9.84. The third kappa shape index (κ3) is 5.81. The zero-order valence-electron chi connectivity index (χ0n) is 21.2. The minimum atomic E-state index is -4.54. The normalized spacial score (nSPS) is 22.0. The van der Waals surface area contributed by atoms with E-state index in [1.807, 2.05) is 25.7 Å². The van der Waals surface area contributed by atoms with Gasteiger partial charge in [0.05, 0.1) is 11.8 Å². The van der Waals surface area contributed by atoms with Crippen molar-refractivity contribution in [3.8, 4) is 11.1 Å². The second kappa shape index (κ2) is 9.74. The lowest BCUT2D eigenvalue weighted by molar-refractivity contribution is -0.144. The molecular formula is C26H32F4N4O3. The molecule has 1 amide bonds. The van der Waals surface area contributed by atoms with Crippen molar-refractivity contribution in [3.05, 3.63) is 41.7 Å². The highest BCUT2D eigenvalue weighted by Gasteiger charge is 2.49. The van der Waals surface area contributed by atoms with Crippen LogP contribution in [0.25, 0.3) is 11.1 Å². The monoisotopic (exact) mass is 524 g/mol. The lowest BCUT2D eigenvalue weighted by Crippen LogP contribution is -2.51. The van der Waals surface area contributed by atoms with E-state index >= 15 is 4.39 Å². The maximum absolute atomic E-state index is 15.6. The number of alkyl halides is 4. The second-order valence-corrected chi connectivity index (χ2v) is 11.0. The van der Waals surface area contributed by atoms with E-state index in [1.165, 1.54) is 23.4 Å². The number of aliphatic carboxylic acids is 1. The molecule has 2 fully saturated rings. The van der Waals surface area contributed by atoms with Gasteiger partial charge in [-0.05, 0) is 62.8 Å². The van der Waals surface area contributed by atoms with E-state index in [-0.39, 0.29) is 24.4 Å². The molecule has 4 rings (SSSR count). The molecule has 11 heteroatoms. The Kier molecular flexibility index (Phi) is 7.13. The number of hydrogen-bond donors (Lipinski definition) is 1. The summed E-state index contributed by atoms with van der Waals surface area (Å²) >= 11 is 0. The van der Waals surface area contributed by atoms with Crippen LogP contribution in [-0.2, 0) is 22.3 Å². The van der Waals surface area contributed by atoms with E-state index in [0.717, 1.165) is 16.8 Å². The number of nitrogens with zero attached hydrogens (tertiary/aromatic N) is 4. The van der Waals surface area contributed by atoms with Crippen molar-refractivity contribution in [1.29, 1.82) is 0 Å².